The molecule has 0 fully saturated rings. The zero-order valence-corrected chi connectivity index (χ0v) is 43.6. The van der Waals surface area contributed by atoms with Crippen LogP contribution in [0.5, 0.6) is 5.75 Å². The van der Waals surface area contributed by atoms with Crippen LogP contribution in [-0.4, -0.2) is 24.2 Å². The summed E-state index contributed by atoms with van der Waals surface area (Å²) in [5, 5.41) is 16.3. The van der Waals surface area contributed by atoms with E-state index in [4.69, 9.17) is 9.97 Å². The first-order chi connectivity index (χ1) is 33.0. The van der Waals surface area contributed by atoms with Gasteiger partial charge < -0.3 is 9.67 Å². The number of pyridine rings is 1. The molecule has 0 saturated heterocycles. The van der Waals surface area contributed by atoms with Gasteiger partial charge in [0.2, 0.25) is 0 Å². The van der Waals surface area contributed by atoms with Gasteiger partial charge in [0.05, 0.1) is 33.3 Å². The zero-order chi connectivity index (χ0) is 48.0. The fourth-order valence-corrected chi connectivity index (χ4v) is 9.88. The molecule has 0 aliphatic heterocycles. The third-order valence-electron chi connectivity index (χ3n) is 13.8. The Morgan fingerprint density at radius 3 is 1.80 bits per heavy atom. The van der Waals surface area contributed by atoms with E-state index in [1.165, 1.54) is 43.8 Å². The van der Waals surface area contributed by atoms with E-state index in [9.17, 15) is 5.11 Å². The monoisotopic (exact) mass is 1090 g/mol. The summed E-state index contributed by atoms with van der Waals surface area (Å²) in [5.74, 6) is 0.863. The second-order valence-corrected chi connectivity index (χ2v) is 21.7. The Morgan fingerprint density at radius 2 is 1.06 bits per heavy atom. The molecule has 0 bridgehead atoms. The summed E-state index contributed by atoms with van der Waals surface area (Å²) in [6.07, 6.45) is 1.92. The van der Waals surface area contributed by atoms with Crippen molar-refractivity contribution in [1.82, 2.24) is 19.1 Å². The van der Waals surface area contributed by atoms with Gasteiger partial charge in [-0.2, -0.15) is 0 Å². The Morgan fingerprint density at radius 1 is 0.471 bits per heavy atom. The second kappa shape index (κ2) is 17.4. The number of aromatic nitrogens is 4. The van der Waals surface area contributed by atoms with Crippen LogP contribution in [0.1, 0.15) is 79.0 Å². The summed E-state index contributed by atoms with van der Waals surface area (Å²) in [7, 11) is 0. The van der Waals surface area contributed by atoms with Gasteiger partial charge in [-0.25, -0.2) is 4.98 Å². The number of phenols is 1. The van der Waals surface area contributed by atoms with Crippen molar-refractivity contribution in [1.29, 1.82) is 0 Å². The van der Waals surface area contributed by atoms with E-state index < -0.39 is 0 Å². The molecular weight excluding hydrogens is 1040 g/mol. The fourth-order valence-electron chi connectivity index (χ4n) is 9.88. The molecule has 1 N–H and O–H groups in total. The molecule has 0 spiro atoms. The Hall–Kier alpha value is -7.07. The Balaban J connectivity index is 0.00000567. The van der Waals surface area contributed by atoms with Gasteiger partial charge in [0.1, 0.15) is 11.6 Å². The molecule has 11 rings (SSSR count). The third kappa shape index (κ3) is 8.24. The van der Waals surface area contributed by atoms with Crippen LogP contribution in [0.2, 0.25) is 0 Å². The number of rotatable bonds is 6. The summed E-state index contributed by atoms with van der Waals surface area (Å²) in [5.41, 5.74) is 16.1. The summed E-state index contributed by atoms with van der Waals surface area (Å²) >= 11 is 0. The molecule has 6 heteroatoms. The minimum atomic E-state index is -0.179. The van der Waals surface area contributed by atoms with Crippen LogP contribution in [0.15, 0.2) is 176 Å². The van der Waals surface area contributed by atoms with Crippen LogP contribution in [0, 0.1) is 6.07 Å². The van der Waals surface area contributed by atoms with E-state index in [1.54, 1.807) is 6.07 Å². The molecule has 70 heavy (non-hydrogen) atoms. The molecule has 0 radical (unpaired) electrons. The standard InChI is InChI=1S/C64H57N4O.Pt/c1-62(2,3)45-33-43(50-23-17-26-57-60(50)66-61(53-22-13-15-27-59(53)69)67(57)48-38-46(63(4,5)6)37-47(39-48)64(7,8)9)32-44(34-45)54-35-42(30-31-65-54)41-28-29-52-51-21-12-14-24-56(51)68(58(52)36-41)55-25-16-19-40-18-10-11-20-49(40)55;/h10-31,33-39,69H,1-9H3;/q-1;. The molecule has 0 atom stereocenters. The average molecular weight is 1090 g/mol. The molecule has 0 unspecified atom stereocenters. The number of nitrogens with zero attached hydrogens (tertiary/aromatic N) is 4. The first-order valence-electron chi connectivity index (χ1n) is 24.0. The van der Waals surface area contributed by atoms with Crippen LogP contribution < -0.4 is 0 Å². The van der Waals surface area contributed by atoms with Crippen LogP contribution in [0.4, 0.5) is 0 Å². The molecule has 3 aromatic heterocycles. The van der Waals surface area contributed by atoms with Crippen molar-refractivity contribution in [3.8, 4) is 62.0 Å². The first-order valence-corrected chi connectivity index (χ1v) is 24.0. The molecule has 350 valence electrons. The van der Waals surface area contributed by atoms with Crippen LogP contribution >= 0.6 is 0 Å². The predicted octanol–water partition coefficient (Wildman–Crippen LogP) is 16.7. The summed E-state index contributed by atoms with van der Waals surface area (Å²) in [4.78, 5) is 10.5. The average Bonchev–Trinajstić information content (AvgIpc) is 3.89. The van der Waals surface area contributed by atoms with Crippen molar-refractivity contribution in [2.24, 2.45) is 0 Å². The molecule has 0 amide bonds. The van der Waals surface area contributed by atoms with Gasteiger partial charge in [-0.1, -0.05) is 177 Å². The van der Waals surface area contributed by atoms with Gasteiger partial charge in [0.25, 0.3) is 0 Å². The quantitative estimate of drug-likeness (QED) is 0.169. The van der Waals surface area contributed by atoms with E-state index in [0.717, 1.165) is 61.4 Å². The summed E-state index contributed by atoms with van der Waals surface area (Å²) in [6, 6.07) is 64.3. The summed E-state index contributed by atoms with van der Waals surface area (Å²) in [6.45, 7) is 20.3. The van der Waals surface area contributed by atoms with E-state index in [2.05, 4.69) is 223 Å². The molecular formula is C64H57N4OPt-. The summed E-state index contributed by atoms with van der Waals surface area (Å²) < 4.78 is 4.65. The topological polar surface area (TPSA) is 55.9 Å². The smallest absolute Gasteiger partial charge is 0.148 e. The predicted molar refractivity (Wildman–Crippen MR) is 289 cm³/mol. The van der Waals surface area contributed by atoms with Gasteiger partial charge in [-0.05, 0) is 98.5 Å². The Bertz CT molecular complexity index is 3780. The molecule has 0 aliphatic carbocycles. The fraction of sp³-hybridized carbons (Fsp3) is 0.188. The maximum Gasteiger partial charge on any atom is 0.148 e. The number of para-hydroxylation sites is 3. The normalized spacial score (nSPS) is 12.3. The SMILES string of the molecule is CC(C)(C)c1cc(-c2cc(-c3ccc4c5ccccc5n(-c5cccc6ccccc56)c4c3)ccn2)[c-]c(-c2cccc3c2nc(-c2ccccc2O)n3-c2cc(C(C)(C)C)cc(C(C)(C)C)c2)c1.[Pt]. The zero-order valence-electron chi connectivity index (χ0n) is 41.3. The minimum absolute atomic E-state index is 0. The number of phenolic OH excluding ortho intramolecular Hbond substituents is 1. The van der Waals surface area contributed by atoms with Crippen LogP contribution in [-0.2, 0) is 37.3 Å². The number of hydrogen-bond donors (Lipinski definition) is 1. The molecule has 3 heterocycles. The van der Waals surface area contributed by atoms with Gasteiger partial charge in [0, 0.05) is 54.8 Å². The van der Waals surface area contributed by atoms with Crippen molar-refractivity contribution in [2.45, 2.75) is 78.6 Å². The Labute approximate surface area is 425 Å². The second-order valence-electron chi connectivity index (χ2n) is 21.7. The van der Waals surface area contributed by atoms with Crippen molar-refractivity contribution >= 4 is 43.6 Å². The van der Waals surface area contributed by atoms with Gasteiger partial charge in [0.15, 0.2) is 0 Å². The number of imidazole rings is 1. The van der Waals surface area contributed by atoms with Crippen molar-refractivity contribution in [3.05, 3.63) is 199 Å². The number of hydrogen-bond acceptors (Lipinski definition) is 3. The first kappa shape index (κ1) is 46.6. The van der Waals surface area contributed by atoms with Crippen molar-refractivity contribution in [3.63, 3.8) is 0 Å². The number of aromatic hydroxyl groups is 1. The maximum absolute atomic E-state index is 11.4. The third-order valence-corrected chi connectivity index (χ3v) is 13.8. The maximum atomic E-state index is 11.4. The Kier molecular flexibility index (Phi) is 11.6. The largest absolute Gasteiger partial charge is 0.507 e. The minimum Gasteiger partial charge on any atom is -0.507 e. The number of fused-ring (bicyclic) bond motifs is 5. The van der Waals surface area contributed by atoms with Crippen LogP contribution in [0.3, 0.4) is 0 Å². The van der Waals surface area contributed by atoms with Gasteiger partial charge >= 0.3 is 0 Å². The van der Waals surface area contributed by atoms with Gasteiger partial charge in [-0.15, -0.1) is 29.3 Å². The van der Waals surface area contributed by atoms with E-state index in [0.29, 0.717) is 11.4 Å². The van der Waals surface area contributed by atoms with Crippen molar-refractivity contribution < 1.29 is 26.2 Å². The van der Waals surface area contributed by atoms with Crippen molar-refractivity contribution in [2.75, 3.05) is 0 Å². The molecule has 11 aromatic rings. The molecule has 8 aromatic carbocycles. The van der Waals surface area contributed by atoms with E-state index in [-0.39, 0.29) is 43.1 Å². The molecule has 0 saturated carbocycles. The van der Waals surface area contributed by atoms with E-state index in [1.807, 2.05) is 24.4 Å². The number of benzene rings is 8. The van der Waals surface area contributed by atoms with E-state index >= 15 is 0 Å². The van der Waals surface area contributed by atoms with Gasteiger partial charge in [-0.3, -0.25) is 9.55 Å². The molecule has 5 nitrogen and oxygen atoms in total. The molecule has 0 aliphatic rings. The van der Waals surface area contributed by atoms with Crippen LogP contribution in [0.25, 0.3) is 99.9 Å².